The molecule has 0 aliphatic heterocycles. The van der Waals surface area contributed by atoms with Crippen LogP contribution in [0.4, 0.5) is 4.39 Å². The summed E-state index contributed by atoms with van der Waals surface area (Å²) >= 11 is 0. The van der Waals surface area contributed by atoms with Gasteiger partial charge in [0.2, 0.25) is 0 Å². The maximum Gasteiger partial charge on any atom is 0.131 e. The molecule has 4 aromatic rings. The Bertz CT molecular complexity index is 1060. The highest BCUT2D eigenvalue weighted by Gasteiger charge is 2.15. The number of rotatable bonds is 3. The fourth-order valence-corrected chi connectivity index (χ4v) is 3.36. The third-order valence-electron chi connectivity index (χ3n) is 4.58. The predicted octanol–water partition coefficient (Wildman–Crippen LogP) is 5.66. The highest BCUT2D eigenvalue weighted by molar-refractivity contribution is 5.99. The van der Waals surface area contributed by atoms with Crippen LogP contribution in [0.15, 0.2) is 72.9 Å². The van der Waals surface area contributed by atoms with Gasteiger partial charge in [-0.2, -0.15) is 0 Å². The van der Waals surface area contributed by atoms with Crippen molar-refractivity contribution in [2.75, 3.05) is 7.11 Å². The van der Waals surface area contributed by atoms with Gasteiger partial charge in [0.05, 0.1) is 12.6 Å². The zero-order chi connectivity index (χ0) is 17.4. The van der Waals surface area contributed by atoms with E-state index < -0.39 is 0 Å². The number of halogens is 1. The molecule has 0 N–H and O–H groups in total. The highest BCUT2D eigenvalue weighted by atomic mass is 19.1. The van der Waals surface area contributed by atoms with Crippen LogP contribution in [-0.2, 0) is 7.05 Å². The van der Waals surface area contributed by atoms with Crippen LogP contribution in [0.2, 0.25) is 0 Å². The van der Waals surface area contributed by atoms with E-state index in [1.807, 2.05) is 43.6 Å². The summed E-state index contributed by atoms with van der Waals surface area (Å²) in [7, 11) is 3.62. The van der Waals surface area contributed by atoms with Crippen molar-refractivity contribution in [2.24, 2.45) is 7.05 Å². The second-order valence-corrected chi connectivity index (χ2v) is 6.06. The zero-order valence-corrected chi connectivity index (χ0v) is 14.2. The summed E-state index contributed by atoms with van der Waals surface area (Å²) in [6.45, 7) is 0. The molecule has 0 saturated heterocycles. The summed E-state index contributed by atoms with van der Waals surface area (Å²) in [5.74, 6) is 0.385. The SMILES string of the molecule is COc1ccc(F)c(-c2ccccc2-c2cccc3ccn(C)c23)c1. The molecule has 0 unspecified atom stereocenters. The van der Waals surface area contributed by atoms with Crippen LogP contribution in [0.1, 0.15) is 0 Å². The fraction of sp³-hybridized carbons (Fsp3) is 0.0909. The number of fused-ring (bicyclic) bond motifs is 1. The van der Waals surface area contributed by atoms with Crippen molar-refractivity contribution in [1.82, 2.24) is 4.57 Å². The lowest BCUT2D eigenvalue weighted by molar-refractivity contribution is 0.414. The lowest BCUT2D eigenvalue weighted by Gasteiger charge is -2.14. The molecule has 0 aliphatic carbocycles. The van der Waals surface area contributed by atoms with Gasteiger partial charge in [-0.3, -0.25) is 0 Å². The number of benzene rings is 3. The molecule has 25 heavy (non-hydrogen) atoms. The summed E-state index contributed by atoms with van der Waals surface area (Å²) in [5.41, 5.74) is 4.62. The zero-order valence-electron chi connectivity index (χ0n) is 14.2. The molecule has 4 rings (SSSR count). The molecule has 0 bridgehead atoms. The number of aromatic nitrogens is 1. The number of aryl methyl sites for hydroxylation is 1. The first-order valence-corrected chi connectivity index (χ1v) is 8.16. The first-order chi connectivity index (χ1) is 12.2. The summed E-state index contributed by atoms with van der Waals surface area (Å²) in [5, 5.41) is 1.17. The van der Waals surface area contributed by atoms with Crippen molar-refractivity contribution in [2.45, 2.75) is 0 Å². The first-order valence-electron chi connectivity index (χ1n) is 8.16. The van der Waals surface area contributed by atoms with E-state index in [2.05, 4.69) is 22.8 Å². The van der Waals surface area contributed by atoms with Gasteiger partial charge in [-0.1, -0.05) is 42.5 Å². The van der Waals surface area contributed by atoms with Gasteiger partial charge < -0.3 is 9.30 Å². The highest BCUT2D eigenvalue weighted by Crippen LogP contribution is 2.38. The van der Waals surface area contributed by atoms with Crippen molar-refractivity contribution in [1.29, 1.82) is 0 Å². The van der Waals surface area contributed by atoms with E-state index in [-0.39, 0.29) is 5.82 Å². The van der Waals surface area contributed by atoms with E-state index >= 15 is 0 Å². The Morgan fingerprint density at radius 1 is 0.800 bits per heavy atom. The molecule has 0 radical (unpaired) electrons. The molecule has 1 heterocycles. The van der Waals surface area contributed by atoms with Gasteiger partial charge in [0.15, 0.2) is 0 Å². The topological polar surface area (TPSA) is 14.2 Å². The van der Waals surface area contributed by atoms with Crippen LogP contribution in [0.3, 0.4) is 0 Å². The van der Waals surface area contributed by atoms with Crippen LogP contribution in [0.25, 0.3) is 33.2 Å². The minimum absolute atomic E-state index is 0.257. The van der Waals surface area contributed by atoms with E-state index in [1.54, 1.807) is 19.2 Å². The first kappa shape index (κ1) is 15.5. The van der Waals surface area contributed by atoms with Crippen LogP contribution >= 0.6 is 0 Å². The number of hydrogen-bond acceptors (Lipinski definition) is 1. The minimum Gasteiger partial charge on any atom is -0.497 e. The molecule has 0 amide bonds. The molecule has 3 aromatic carbocycles. The third kappa shape index (κ3) is 2.58. The number of hydrogen-bond donors (Lipinski definition) is 0. The average Bonchev–Trinajstić information content (AvgIpc) is 3.04. The van der Waals surface area contributed by atoms with Gasteiger partial charge in [-0.15, -0.1) is 0 Å². The molecule has 0 aliphatic rings. The monoisotopic (exact) mass is 331 g/mol. The third-order valence-corrected chi connectivity index (χ3v) is 4.58. The number of para-hydroxylation sites is 1. The van der Waals surface area contributed by atoms with Gasteiger partial charge >= 0.3 is 0 Å². The van der Waals surface area contributed by atoms with Gasteiger partial charge in [-0.25, -0.2) is 4.39 Å². The molecule has 124 valence electrons. The molecule has 3 heteroatoms. The van der Waals surface area contributed by atoms with E-state index in [4.69, 9.17) is 4.74 Å². The molecule has 0 spiro atoms. The van der Waals surface area contributed by atoms with Crippen LogP contribution in [0, 0.1) is 5.82 Å². The average molecular weight is 331 g/mol. The largest absolute Gasteiger partial charge is 0.497 e. The van der Waals surface area contributed by atoms with E-state index in [1.165, 1.54) is 11.5 Å². The fourth-order valence-electron chi connectivity index (χ4n) is 3.36. The molecular weight excluding hydrogens is 313 g/mol. The predicted molar refractivity (Wildman–Crippen MR) is 100 cm³/mol. The van der Waals surface area contributed by atoms with Crippen molar-refractivity contribution in [3.63, 3.8) is 0 Å². The van der Waals surface area contributed by atoms with E-state index in [9.17, 15) is 4.39 Å². The molecule has 0 atom stereocenters. The Kier molecular flexibility index (Phi) is 3.77. The lowest BCUT2D eigenvalue weighted by Crippen LogP contribution is -1.93. The van der Waals surface area contributed by atoms with Crippen molar-refractivity contribution < 1.29 is 9.13 Å². The second kappa shape index (κ2) is 6.10. The Balaban J connectivity index is 2.01. The van der Waals surface area contributed by atoms with Crippen molar-refractivity contribution in [3.8, 4) is 28.0 Å². The van der Waals surface area contributed by atoms with Gasteiger partial charge in [0, 0.05) is 29.8 Å². The van der Waals surface area contributed by atoms with Gasteiger partial charge in [0.25, 0.3) is 0 Å². The maximum absolute atomic E-state index is 14.6. The summed E-state index contributed by atoms with van der Waals surface area (Å²) < 4.78 is 21.9. The quantitative estimate of drug-likeness (QED) is 0.472. The minimum atomic E-state index is -0.257. The second-order valence-electron chi connectivity index (χ2n) is 6.06. The maximum atomic E-state index is 14.6. The Labute approximate surface area is 146 Å². The Morgan fingerprint density at radius 3 is 2.28 bits per heavy atom. The van der Waals surface area contributed by atoms with Crippen molar-refractivity contribution in [3.05, 3.63) is 78.7 Å². The normalized spacial score (nSPS) is 11.0. The van der Waals surface area contributed by atoms with Crippen LogP contribution in [-0.4, -0.2) is 11.7 Å². The molecule has 0 fully saturated rings. The van der Waals surface area contributed by atoms with Gasteiger partial charge in [-0.05, 0) is 35.4 Å². The number of ether oxygens (including phenoxy) is 1. The lowest BCUT2D eigenvalue weighted by atomic mass is 9.93. The summed E-state index contributed by atoms with van der Waals surface area (Å²) in [6, 6.07) is 21.1. The molecule has 1 aromatic heterocycles. The van der Waals surface area contributed by atoms with Gasteiger partial charge in [0.1, 0.15) is 11.6 Å². The Morgan fingerprint density at radius 2 is 1.52 bits per heavy atom. The van der Waals surface area contributed by atoms with E-state index in [0.29, 0.717) is 11.3 Å². The molecule has 2 nitrogen and oxygen atoms in total. The van der Waals surface area contributed by atoms with Crippen LogP contribution in [0.5, 0.6) is 5.75 Å². The standard InChI is InChI=1S/C22H18FNO/c1-24-13-12-15-6-5-9-19(22(15)24)17-7-3-4-8-18(17)20-14-16(25-2)10-11-21(20)23/h3-14H,1-2H3. The van der Waals surface area contributed by atoms with E-state index in [0.717, 1.165) is 22.2 Å². The number of nitrogens with zero attached hydrogens (tertiary/aromatic N) is 1. The molecule has 0 saturated carbocycles. The smallest absolute Gasteiger partial charge is 0.131 e. The number of methoxy groups -OCH3 is 1. The molecular formula is C22H18FNO. The van der Waals surface area contributed by atoms with Crippen molar-refractivity contribution >= 4 is 10.9 Å². The van der Waals surface area contributed by atoms with Crippen LogP contribution < -0.4 is 4.74 Å². The summed E-state index contributed by atoms with van der Waals surface area (Å²) in [6.07, 6.45) is 2.04. The Hall–Kier alpha value is -3.07. The summed E-state index contributed by atoms with van der Waals surface area (Å²) in [4.78, 5) is 0.